The monoisotopic (exact) mass is 432 g/mol. The van der Waals surface area contributed by atoms with Crippen LogP contribution in [0.5, 0.6) is 0 Å². The van der Waals surface area contributed by atoms with E-state index in [-0.39, 0.29) is 23.5 Å². The van der Waals surface area contributed by atoms with Gasteiger partial charge in [-0.25, -0.2) is 18.6 Å². The number of fused-ring (bicyclic) bond motifs is 1. The fraction of sp³-hybridized carbons (Fsp3) is 0.200. The van der Waals surface area contributed by atoms with Crippen molar-refractivity contribution < 1.29 is 13.6 Å². The molecule has 1 saturated heterocycles. The molecule has 2 aromatic carbocycles. The standard InChI is InChI=1S/C25H22F2N4O/c26-19-12-10-17(11-13-19)23-22-9-3-4-15-31(22)24(29-23)18-6-5-14-30(16-18)25(32)28-21-8-2-1-7-20(21)27/h1-4,7-13,15,18H,5-6,14,16H2,(H,28,32). The highest BCUT2D eigenvalue weighted by molar-refractivity contribution is 5.89. The Hall–Kier alpha value is -3.74. The third-order valence-electron chi connectivity index (χ3n) is 5.88. The third kappa shape index (κ3) is 3.82. The molecule has 1 fully saturated rings. The average Bonchev–Trinajstić information content (AvgIpc) is 3.21. The molecule has 1 aliphatic rings. The van der Waals surface area contributed by atoms with Gasteiger partial charge >= 0.3 is 6.03 Å². The summed E-state index contributed by atoms with van der Waals surface area (Å²) in [5.74, 6) is 0.140. The van der Waals surface area contributed by atoms with Crippen LogP contribution in [-0.2, 0) is 0 Å². The maximum absolute atomic E-state index is 14.0. The Bertz CT molecular complexity index is 1270. The normalized spacial score (nSPS) is 16.3. The molecule has 0 bridgehead atoms. The fourth-order valence-electron chi connectivity index (χ4n) is 4.30. The molecule has 7 heteroatoms. The number of imidazole rings is 1. The van der Waals surface area contributed by atoms with Crippen molar-refractivity contribution in [2.24, 2.45) is 0 Å². The van der Waals surface area contributed by atoms with Crippen molar-refractivity contribution in [1.82, 2.24) is 14.3 Å². The molecule has 0 radical (unpaired) electrons. The summed E-state index contributed by atoms with van der Waals surface area (Å²) in [6.45, 7) is 1.09. The predicted molar refractivity (Wildman–Crippen MR) is 120 cm³/mol. The number of piperidine rings is 1. The van der Waals surface area contributed by atoms with Crippen molar-refractivity contribution >= 4 is 17.2 Å². The molecule has 3 heterocycles. The van der Waals surface area contributed by atoms with E-state index in [1.807, 2.05) is 28.8 Å². The zero-order valence-corrected chi connectivity index (χ0v) is 17.3. The van der Waals surface area contributed by atoms with Crippen LogP contribution in [0, 0.1) is 11.6 Å². The van der Waals surface area contributed by atoms with Gasteiger partial charge in [-0.1, -0.05) is 18.2 Å². The van der Waals surface area contributed by atoms with Gasteiger partial charge in [0.05, 0.1) is 16.9 Å². The number of urea groups is 1. The summed E-state index contributed by atoms with van der Waals surface area (Å²) in [6.07, 6.45) is 3.67. The SMILES string of the molecule is O=C(Nc1ccccc1F)N1CCCC(c2nc(-c3ccc(F)cc3)c3ccccn23)C1. The molecule has 1 unspecified atom stereocenters. The molecule has 1 aliphatic heterocycles. The van der Waals surface area contributed by atoms with E-state index in [0.29, 0.717) is 13.1 Å². The Morgan fingerprint density at radius 1 is 1.00 bits per heavy atom. The molecule has 32 heavy (non-hydrogen) atoms. The summed E-state index contributed by atoms with van der Waals surface area (Å²) in [5.41, 5.74) is 2.73. The molecular formula is C25H22F2N4O. The lowest BCUT2D eigenvalue weighted by Crippen LogP contribution is -2.42. The second-order valence-corrected chi connectivity index (χ2v) is 7.98. The molecule has 1 atom stereocenters. The third-order valence-corrected chi connectivity index (χ3v) is 5.88. The van der Waals surface area contributed by atoms with Crippen molar-refractivity contribution in [2.75, 3.05) is 18.4 Å². The van der Waals surface area contributed by atoms with Crippen molar-refractivity contribution in [3.8, 4) is 11.3 Å². The number of carbonyl (C=O) groups is 1. The van der Waals surface area contributed by atoms with Crippen LogP contribution in [0.25, 0.3) is 16.8 Å². The number of amides is 2. The maximum atomic E-state index is 14.0. The van der Waals surface area contributed by atoms with Crippen molar-refractivity contribution in [1.29, 1.82) is 0 Å². The van der Waals surface area contributed by atoms with Crippen LogP contribution in [0.15, 0.2) is 72.9 Å². The van der Waals surface area contributed by atoms with Crippen molar-refractivity contribution in [3.63, 3.8) is 0 Å². The maximum Gasteiger partial charge on any atom is 0.321 e. The van der Waals surface area contributed by atoms with Gasteiger partial charge in [0.1, 0.15) is 17.5 Å². The first-order valence-corrected chi connectivity index (χ1v) is 10.6. The van der Waals surface area contributed by atoms with Gasteiger partial charge in [-0.2, -0.15) is 0 Å². The van der Waals surface area contributed by atoms with Crippen molar-refractivity contribution in [2.45, 2.75) is 18.8 Å². The van der Waals surface area contributed by atoms with E-state index in [0.717, 1.165) is 35.4 Å². The van der Waals surface area contributed by atoms with Gasteiger partial charge in [0.15, 0.2) is 0 Å². The number of likely N-dealkylation sites (tertiary alicyclic amines) is 1. The summed E-state index contributed by atoms with van der Waals surface area (Å²) in [6, 6.07) is 18.0. The Morgan fingerprint density at radius 2 is 1.78 bits per heavy atom. The van der Waals surface area contributed by atoms with E-state index in [2.05, 4.69) is 5.32 Å². The van der Waals surface area contributed by atoms with E-state index < -0.39 is 5.82 Å². The van der Waals surface area contributed by atoms with E-state index in [9.17, 15) is 13.6 Å². The van der Waals surface area contributed by atoms with Gasteiger partial charge in [-0.15, -0.1) is 0 Å². The molecule has 2 aromatic heterocycles. The number of benzene rings is 2. The number of halogens is 2. The number of pyridine rings is 1. The molecule has 5 rings (SSSR count). The van der Waals surface area contributed by atoms with Crippen LogP contribution in [-0.4, -0.2) is 33.4 Å². The van der Waals surface area contributed by atoms with E-state index in [4.69, 9.17) is 4.98 Å². The highest BCUT2D eigenvalue weighted by Crippen LogP contribution is 2.32. The first-order valence-electron chi connectivity index (χ1n) is 10.6. The summed E-state index contributed by atoms with van der Waals surface area (Å²) >= 11 is 0. The molecule has 4 aromatic rings. The van der Waals surface area contributed by atoms with Crippen LogP contribution >= 0.6 is 0 Å². The van der Waals surface area contributed by atoms with Gasteiger partial charge in [0.25, 0.3) is 0 Å². The van der Waals surface area contributed by atoms with Crippen LogP contribution in [0.2, 0.25) is 0 Å². The molecule has 0 saturated carbocycles. The predicted octanol–water partition coefficient (Wildman–Crippen LogP) is 5.69. The number of nitrogens with one attached hydrogen (secondary N) is 1. The van der Waals surface area contributed by atoms with Gasteiger partial charge in [0.2, 0.25) is 0 Å². The number of anilines is 1. The van der Waals surface area contributed by atoms with E-state index in [1.165, 1.54) is 18.2 Å². The number of rotatable bonds is 3. The highest BCUT2D eigenvalue weighted by Gasteiger charge is 2.29. The van der Waals surface area contributed by atoms with Gasteiger partial charge < -0.3 is 14.6 Å². The second kappa shape index (κ2) is 8.42. The Balaban J connectivity index is 1.43. The smallest absolute Gasteiger partial charge is 0.321 e. The fourth-order valence-corrected chi connectivity index (χ4v) is 4.30. The minimum Gasteiger partial charge on any atom is -0.324 e. The summed E-state index contributed by atoms with van der Waals surface area (Å²) in [5, 5.41) is 2.67. The van der Waals surface area contributed by atoms with E-state index >= 15 is 0 Å². The van der Waals surface area contributed by atoms with Crippen LogP contribution in [0.4, 0.5) is 19.3 Å². The largest absolute Gasteiger partial charge is 0.324 e. The Morgan fingerprint density at radius 3 is 2.59 bits per heavy atom. The number of nitrogens with zero attached hydrogens (tertiary/aromatic N) is 3. The molecule has 0 aliphatic carbocycles. The molecular weight excluding hydrogens is 410 g/mol. The number of hydrogen-bond acceptors (Lipinski definition) is 2. The lowest BCUT2D eigenvalue weighted by Gasteiger charge is -2.32. The lowest BCUT2D eigenvalue weighted by molar-refractivity contribution is 0.191. The lowest BCUT2D eigenvalue weighted by atomic mass is 9.97. The van der Waals surface area contributed by atoms with E-state index in [1.54, 1.807) is 35.2 Å². The van der Waals surface area contributed by atoms with Crippen LogP contribution in [0.1, 0.15) is 24.6 Å². The first-order chi connectivity index (χ1) is 15.6. The quantitative estimate of drug-likeness (QED) is 0.452. The summed E-state index contributed by atoms with van der Waals surface area (Å²) in [4.78, 5) is 19.4. The molecule has 0 spiro atoms. The van der Waals surface area contributed by atoms with Gasteiger partial charge in [0, 0.05) is 30.8 Å². The number of hydrogen-bond donors (Lipinski definition) is 1. The molecule has 1 N–H and O–H groups in total. The Labute approximate surface area is 184 Å². The molecule has 5 nitrogen and oxygen atoms in total. The average molecular weight is 432 g/mol. The highest BCUT2D eigenvalue weighted by atomic mass is 19.1. The minimum absolute atomic E-state index is 0.0271. The topological polar surface area (TPSA) is 49.6 Å². The zero-order valence-electron chi connectivity index (χ0n) is 17.3. The number of aromatic nitrogens is 2. The van der Waals surface area contributed by atoms with Gasteiger partial charge in [-0.3, -0.25) is 0 Å². The summed E-state index contributed by atoms with van der Waals surface area (Å²) < 4.78 is 29.4. The van der Waals surface area contributed by atoms with Crippen LogP contribution < -0.4 is 5.32 Å². The molecule has 2 amide bonds. The minimum atomic E-state index is -0.461. The number of para-hydroxylation sites is 1. The number of carbonyl (C=O) groups excluding carboxylic acids is 1. The first kappa shape index (κ1) is 20.2. The Kier molecular flexibility index (Phi) is 5.31. The van der Waals surface area contributed by atoms with Crippen LogP contribution in [0.3, 0.4) is 0 Å². The summed E-state index contributed by atoms with van der Waals surface area (Å²) in [7, 11) is 0. The molecule has 162 valence electrons. The second-order valence-electron chi connectivity index (χ2n) is 7.98. The zero-order chi connectivity index (χ0) is 22.1. The van der Waals surface area contributed by atoms with Crippen molar-refractivity contribution in [3.05, 3.63) is 90.4 Å². The van der Waals surface area contributed by atoms with Gasteiger partial charge in [-0.05, 0) is 61.4 Å².